The number of benzene rings is 1. The number of rotatable bonds is 4. The van der Waals surface area contributed by atoms with Crippen LogP contribution in [0, 0.1) is 11.7 Å². The van der Waals surface area contributed by atoms with Crippen LogP contribution in [-0.4, -0.2) is 23.7 Å². The first-order valence-corrected chi connectivity index (χ1v) is 6.32. The maximum atomic E-state index is 12.7. The molecule has 3 nitrogen and oxygen atoms in total. The third kappa shape index (κ3) is 3.81. The van der Waals surface area contributed by atoms with Crippen molar-refractivity contribution in [3.05, 3.63) is 35.6 Å². The van der Waals surface area contributed by atoms with Crippen molar-refractivity contribution in [1.29, 1.82) is 0 Å². The molecule has 1 saturated carbocycles. The molecule has 0 bridgehead atoms. The number of aliphatic hydroxyl groups excluding tert-OH is 1. The van der Waals surface area contributed by atoms with Crippen LogP contribution in [0.4, 0.5) is 4.39 Å². The molecule has 2 rings (SSSR count). The number of amides is 1. The monoisotopic (exact) mass is 251 g/mol. The van der Waals surface area contributed by atoms with Gasteiger partial charge in [-0.15, -0.1) is 0 Å². The van der Waals surface area contributed by atoms with E-state index in [9.17, 15) is 14.3 Å². The van der Waals surface area contributed by atoms with Crippen LogP contribution in [0.25, 0.3) is 0 Å². The van der Waals surface area contributed by atoms with E-state index in [1.54, 1.807) is 12.1 Å². The van der Waals surface area contributed by atoms with Gasteiger partial charge in [-0.3, -0.25) is 4.79 Å². The van der Waals surface area contributed by atoms with Crippen LogP contribution >= 0.6 is 0 Å². The molecule has 0 spiro atoms. The molecule has 2 atom stereocenters. The van der Waals surface area contributed by atoms with Gasteiger partial charge in [0.25, 0.3) is 0 Å². The van der Waals surface area contributed by atoms with E-state index in [4.69, 9.17) is 0 Å². The second-order valence-electron chi connectivity index (χ2n) is 4.94. The number of hydrogen-bond acceptors (Lipinski definition) is 2. The fraction of sp³-hybridized carbons (Fsp3) is 0.500. The number of carbonyl (C=O) groups is 1. The number of nitrogens with one attached hydrogen (secondary N) is 1. The minimum absolute atomic E-state index is 0.0528. The van der Waals surface area contributed by atoms with Crippen molar-refractivity contribution < 1.29 is 14.3 Å². The Morgan fingerprint density at radius 2 is 2.06 bits per heavy atom. The molecule has 2 unspecified atom stereocenters. The van der Waals surface area contributed by atoms with Crippen molar-refractivity contribution >= 4 is 5.91 Å². The predicted octanol–water partition coefficient (Wildman–Crippen LogP) is 1.65. The van der Waals surface area contributed by atoms with Crippen molar-refractivity contribution in [2.24, 2.45) is 5.92 Å². The first kappa shape index (κ1) is 13.0. The van der Waals surface area contributed by atoms with Gasteiger partial charge >= 0.3 is 0 Å². The van der Waals surface area contributed by atoms with Gasteiger partial charge in [-0.05, 0) is 42.9 Å². The summed E-state index contributed by atoms with van der Waals surface area (Å²) in [5.74, 6) is 0.0410. The third-order valence-electron chi connectivity index (χ3n) is 3.38. The predicted molar refractivity (Wildman–Crippen MR) is 66.5 cm³/mol. The summed E-state index contributed by atoms with van der Waals surface area (Å²) >= 11 is 0. The van der Waals surface area contributed by atoms with Gasteiger partial charge in [-0.25, -0.2) is 4.39 Å². The average molecular weight is 251 g/mol. The van der Waals surface area contributed by atoms with Crippen LogP contribution in [0.3, 0.4) is 0 Å². The molecule has 4 heteroatoms. The first-order valence-electron chi connectivity index (χ1n) is 6.32. The lowest BCUT2D eigenvalue weighted by Crippen LogP contribution is -2.29. The van der Waals surface area contributed by atoms with Gasteiger partial charge in [-0.2, -0.15) is 0 Å². The standard InChI is InChI=1S/C14H18FNO2/c15-12-4-1-10(2-5-12)8-14(18)16-9-11-3-6-13(17)7-11/h1-2,4-5,11,13,17H,3,6-9H2,(H,16,18). The van der Waals surface area contributed by atoms with E-state index in [1.165, 1.54) is 12.1 Å². The van der Waals surface area contributed by atoms with Crippen molar-refractivity contribution in [2.45, 2.75) is 31.8 Å². The first-order chi connectivity index (χ1) is 8.63. The highest BCUT2D eigenvalue weighted by molar-refractivity contribution is 5.78. The van der Waals surface area contributed by atoms with Crippen LogP contribution in [0.5, 0.6) is 0 Å². The summed E-state index contributed by atoms with van der Waals surface area (Å²) in [4.78, 5) is 11.7. The third-order valence-corrected chi connectivity index (χ3v) is 3.38. The van der Waals surface area contributed by atoms with E-state index in [0.717, 1.165) is 24.8 Å². The van der Waals surface area contributed by atoms with Crippen LogP contribution in [0.1, 0.15) is 24.8 Å². The zero-order chi connectivity index (χ0) is 13.0. The van der Waals surface area contributed by atoms with Gasteiger partial charge in [0.1, 0.15) is 5.82 Å². The molecule has 1 aromatic carbocycles. The quantitative estimate of drug-likeness (QED) is 0.854. The molecule has 0 aliphatic heterocycles. The average Bonchev–Trinajstić information content (AvgIpc) is 2.76. The minimum Gasteiger partial charge on any atom is -0.393 e. The molecule has 18 heavy (non-hydrogen) atoms. The van der Waals surface area contributed by atoms with Gasteiger partial charge in [0.2, 0.25) is 5.91 Å². The lowest BCUT2D eigenvalue weighted by Gasteiger charge is -2.10. The maximum absolute atomic E-state index is 12.7. The lowest BCUT2D eigenvalue weighted by molar-refractivity contribution is -0.120. The van der Waals surface area contributed by atoms with E-state index in [-0.39, 0.29) is 24.2 Å². The molecule has 1 aliphatic carbocycles. The Morgan fingerprint density at radius 1 is 1.33 bits per heavy atom. The van der Waals surface area contributed by atoms with Crippen molar-refractivity contribution in [3.63, 3.8) is 0 Å². The molecule has 1 aliphatic rings. The fourth-order valence-electron chi connectivity index (χ4n) is 2.34. The second kappa shape index (κ2) is 5.96. The molecule has 0 saturated heterocycles. The summed E-state index contributed by atoms with van der Waals surface area (Å²) < 4.78 is 12.7. The SMILES string of the molecule is O=C(Cc1ccc(F)cc1)NCC1CCC(O)C1. The summed E-state index contributed by atoms with van der Waals surface area (Å²) in [6.07, 6.45) is 2.65. The summed E-state index contributed by atoms with van der Waals surface area (Å²) in [6, 6.07) is 5.95. The summed E-state index contributed by atoms with van der Waals surface area (Å²) in [5, 5.41) is 12.2. The van der Waals surface area contributed by atoms with Crippen molar-refractivity contribution in [3.8, 4) is 0 Å². The Kier molecular flexibility index (Phi) is 4.31. The Morgan fingerprint density at radius 3 is 2.67 bits per heavy atom. The van der Waals surface area contributed by atoms with E-state index < -0.39 is 0 Å². The molecule has 0 radical (unpaired) electrons. The Bertz CT molecular complexity index is 405. The molecular weight excluding hydrogens is 233 g/mol. The topological polar surface area (TPSA) is 49.3 Å². The molecule has 0 heterocycles. The summed E-state index contributed by atoms with van der Waals surface area (Å²) in [5.41, 5.74) is 0.806. The van der Waals surface area contributed by atoms with Crippen LogP contribution < -0.4 is 5.32 Å². The van der Waals surface area contributed by atoms with Crippen molar-refractivity contribution in [2.75, 3.05) is 6.54 Å². The van der Waals surface area contributed by atoms with E-state index in [2.05, 4.69) is 5.32 Å². The molecule has 1 aromatic rings. The molecule has 98 valence electrons. The second-order valence-corrected chi connectivity index (χ2v) is 4.94. The lowest BCUT2D eigenvalue weighted by atomic mass is 10.1. The van der Waals surface area contributed by atoms with E-state index in [1.807, 2.05) is 0 Å². The number of halogens is 1. The van der Waals surface area contributed by atoms with Gasteiger partial charge in [0.15, 0.2) is 0 Å². The van der Waals surface area contributed by atoms with Crippen LogP contribution in [0.15, 0.2) is 24.3 Å². The summed E-state index contributed by atoms with van der Waals surface area (Å²) in [6.45, 7) is 0.622. The van der Waals surface area contributed by atoms with E-state index in [0.29, 0.717) is 12.5 Å². The highest BCUT2D eigenvalue weighted by Gasteiger charge is 2.22. The molecular formula is C14H18FNO2. The minimum atomic E-state index is -0.292. The smallest absolute Gasteiger partial charge is 0.224 e. The molecule has 2 N–H and O–H groups in total. The molecule has 1 amide bonds. The van der Waals surface area contributed by atoms with Crippen molar-refractivity contribution in [1.82, 2.24) is 5.32 Å². The summed E-state index contributed by atoms with van der Waals surface area (Å²) in [7, 11) is 0. The Hall–Kier alpha value is -1.42. The number of aliphatic hydroxyl groups is 1. The number of carbonyl (C=O) groups excluding carboxylic acids is 1. The van der Waals surface area contributed by atoms with Gasteiger partial charge in [0.05, 0.1) is 12.5 Å². The zero-order valence-electron chi connectivity index (χ0n) is 10.2. The van der Waals surface area contributed by atoms with Crippen LogP contribution in [0.2, 0.25) is 0 Å². The Labute approximate surface area is 106 Å². The van der Waals surface area contributed by atoms with Gasteiger partial charge in [-0.1, -0.05) is 12.1 Å². The molecule has 0 aromatic heterocycles. The highest BCUT2D eigenvalue weighted by atomic mass is 19.1. The zero-order valence-corrected chi connectivity index (χ0v) is 10.2. The van der Waals surface area contributed by atoms with Gasteiger partial charge < -0.3 is 10.4 Å². The highest BCUT2D eigenvalue weighted by Crippen LogP contribution is 2.24. The largest absolute Gasteiger partial charge is 0.393 e. The normalized spacial score (nSPS) is 23.0. The number of hydrogen-bond donors (Lipinski definition) is 2. The van der Waals surface area contributed by atoms with Gasteiger partial charge in [0, 0.05) is 6.54 Å². The Balaban J connectivity index is 1.73. The maximum Gasteiger partial charge on any atom is 0.224 e. The van der Waals surface area contributed by atoms with Crippen LogP contribution in [-0.2, 0) is 11.2 Å². The fourth-order valence-corrected chi connectivity index (χ4v) is 2.34. The molecule has 1 fully saturated rings. The van der Waals surface area contributed by atoms with E-state index >= 15 is 0 Å².